The number of unbranched alkanes of at least 4 members (excludes halogenated alkanes) is 2. The maximum atomic E-state index is 10.6. The van der Waals surface area contributed by atoms with Gasteiger partial charge in [-0.05, 0) is 12.5 Å². The molecule has 1 aromatic rings. The van der Waals surface area contributed by atoms with Crippen LogP contribution in [0.2, 0.25) is 0 Å². The van der Waals surface area contributed by atoms with E-state index in [2.05, 4.69) is 22.9 Å². The van der Waals surface area contributed by atoms with Gasteiger partial charge in [0.25, 0.3) is 5.69 Å². The quantitative estimate of drug-likeness (QED) is 0.330. The number of ether oxygens (including phenoxy) is 1. The van der Waals surface area contributed by atoms with Crippen LogP contribution in [0.15, 0.2) is 18.2 Å². The molecule has 0 atom stereocenters. The average molecular weight is 302 g/mol. The molecule has 0 aliphatic rings. The summed E-state index contributed by atoms with van der Waals surface area (Å²) in [5, 5.41) is 11.2. The lowest BCUT2D eigenvalue weighted by atomic mass is 10.2. The molecule has 5 heteroatoms. The third-order valence-corrected chi connectivity index (χ3v) is 3.01. The molecule has 0 fully saturated rings. The zero-order chi connectivity index (χ0) is 12.7. The molecule has 0 N–H and O–H groups in total. The lowest BCUT2D eigenvalue weighted by Crippen LogP contribution is -2.00. The molecule has 0 radical (unpaired) electrons. The van der Waals surface area contributed by atoms with Gasteiger partial charge in [0.2, 0.25) is 0 Å². The molecule has 0 saturated carbocycles. The highest BCUT2D eigenvalue weighted by atomic mass is 79.9. The highest BCUT2D eigenvalue weighted by Gasteiger charge is 2.10. The normalized spacial score (nSPS) is 10.2. The van der Waals surface area contributed by atoms with E-state index in [4.69, 9.17) is 4.74 Å². The second-order valence-electron chi connectivity index (χ2n) is 3.74. The van der Waals surface area contributed by atoms with E-state index >= 15 is 0 Å². The summed E-state index contributed by atoms with van der Waals surface area (Å²) in [6, 6.07) is 4.69. The Balaban J connectivity index is 2.68. The predicted molar refractivity (Wildman–Crippen MR) is 70.7 cm³/mol. The van der Waals surface area contributed by atoms with Crippen molar-refractivity contribution < 1.29 is 9.66 Å². The van der Waals surface area contributed by atoms with Crippen LogP contribution >= 0.6 is 15.9 Å². The molecule has 1 rings (SSSR count). The summed E-state index contributed by atoms with van der Waals surface area (Å²) in [6.45, 7) is 2.79. The third kappa shape index (κ3) is 4.34. The Morgan fingerprint density at radius 3 is 2.76 bits per heavy atom. The first-order valence-corrected chi connectivity index (χ1v) is 6.77. The summed E-state index contributed by atoms with van der Waals surface area (Å²) in [6.07, 6.45) is 3.29. The number of hydrogen-bond donors (Lipinski definition) is 0. The fourth-order valence-electron chi connectivity index (χ4n) is 1.46. The maximum absolute atomic E-state index is 10.6. The second kappa shape index (κ2) is 7.27. The molecule has 0 saturated heterocycles. The summed E-state index contributed by atoms with van der Waals surface area (Å²) >= 11 is 3.31. The molecule has 0 spiro atoms. The van der Waals surface area contributed by atoms with E-state index in [0.29, 0.717) is 11.9 Å². The number of nitro groups is 1. The highest BCUT2D eigenvalue weighted by molar-refractivity contribution is 9.08. The minimum Gasteiger partial charge on any atom is -0.493 e. The fourth-order valence-corrected chi connectivity index (χ4v) is 1.90. The van der Waals surface area contributed by atoms with Crippen LogP contribution in [0.4, 0.5) is 5.69 Å². The van der Waals surface area contributed by atoms with Crippen LogP contribution in [-0.2, 0) is 5.33 Å². The lowest BCUT2D eigenvalue weighted by molar-refractivity contribution is -0.384. The van der Waals surface area contributed by atoms with Crippen LogP contribution in [0.3, 0.4) is 0 Å². The molecule has 94 valence electrons. The molecular weight excluding hydrogens is 286 g/mol. The van der Waals surface area contributed by atoms with Gasteiger partial charge in [-0.1, -0.05) is 35.7 Å². The number of nitrogens with zero attached hydrogens (tertiary/aromatic N) is 1. The molecule has 0 bridgehead atoms. The number of halogens is 1. The Hall–Kier alpha value is -1.10. The Labute approximate surface area is 109 Å². The molecule has 1 aromatic carbocycles. The van der Waals surface area contributed by atoms with Crippen LogP contribution < -0.4 is 4.74 Å². The van der Waals surface area contributed by atoms with Crippen molar-refractivity contribution >= 4 is 21.6 Å². The minimum absolute atomic E-state index is 0.0976. The van der Waals surface area contributed by atoms with Crippen LogP contribution in [0.1, 0.15) is 31.7 Å². The van der Waals surface area contributed by atoms with Crippen LogP contribution in [-0.4, -0.2) is 11.5 Å². The summed E-state index contributed by atoms with van der Waals surface area (Å²) in [5.41, 5.74) is 0.913. The molecule has 0 aliphatic heterocycles. The van der Waals surface area contributed by atoms with E-state index in [0.717, 1.165) is 30.6 Å². The summed E-state index contributed by atoms with van der Waals surface area (Å²) in [7, 11) is 0. The molecule has 0 heterocycles. The van der Waals surface area contributed by atoms with Gasteiger partial charge < -0.3 is 4.74 Å². The molecular formula is C12H16BrNO3. The summed E-state index contributed by atoms with van der Waals surface area (Å²) < 4.78 is 5.61. The Morgan fingerprint density at radius 1 is 1.41 bits per heavy atom. The SMILES string of the molecule is CCCCCOc1ccc([N+](=O)[O-])cc1CBr. The molecule has 17 heavy (non-hydrogen) atoms. The number of hydrogen-bond acceptors (Lipinski definition) is 3. The first-order valence-electron chi connectivity index (χ1n) is 5.65. The monoisotopic (exact) mass is 301 g/mol. The zero-order valence-corrected chi connectivity index (χ0v) is 11.4. The van der Waals surface area contributed by atoms with Crippen molar-refractivity contribution in [3.8, 4) is 5.75 Å². The number of non-ortho nitro benzene ring substituents is 1. The summed E-state index contributed by atoms with van der Waals surface area (Å²) in [5.74, 6) is 0.726. The van der Waals surface area contributed by atoms with Crippen molar-refractivity contribution in [3.63, 3.8) is 0 Å². The van der Waals surface area contributed by atoms with E-state index in [1.54, 1.807) is 12.1 Å². The lowest BCUT2D eigenvalue weighted by Gasteiger charge is -2.09. The zero-order valence-electron chi connectivity index (χ0n) is 9.82. The Bertz CT molecular complexity index is 382. The Kier molecular flexibility index (Phi) is 5.97. The summed E-state index contributed by atoms with van der Waals surface area (Å²) in [4.78, 5) is 10.2. The van der Waals surface area contributed by atoms with Gasteiger partial charge in [0.1, 0.15) is 5.75 Å². The van der Waals surface area contributed by atoms with Crippen LogP contribution in [0.25, 0.3) is 0 Å². The van der Waals surface area contributed by atoms with Crippen molar-refractivity contribution in [3.05, 3.63) is 33.9 Å². The van der Waals surface area contributed by atoms with Gasteiger partial charge in [-0.2, -0.15) is 0 Å². The number of alkyl halides is 1. The smallest absolute Gasteiger partial charge is 0.270 e. The van der Waals surface area contributed by atoms with E-state index < -0.39 is 4.92 Å². The first kappa shape index (κ1) is 14.0. The molecule has 0 unspecified atom stereocenters. The maximum Gasteiger partial charge on any atom is 0.270 e. The van der Waals surface area contributed by atoms with Crippen molar-refractivity contribution in [1.82, 2.24) is 0 Å². The van der Waals surface area contributed by atoms with Gasteiger partial charge in [-0.25, -0.2) is 0 Å². The van der Waals surface area contributed by atoms with E-state index in [1.165, 1.54) is 6.07 Å². The standard InChI is InChI=1S/C12H16BrNO3/c1-2-3-4-7-17-12-6-5-11(14(15)16)8-10(12)9-13/h5-6,8H,2-4,7,9H2,1H3. The molecule has 0 aliphatic carbocycles. The fraction of sp³-hybridized carbons (Fsp3) is 0.500. The highest BCUT2D eigenvalue weighted by Crippen LogP contribution is 2.26. The first-order chi connectivity index (χ1) is 8.19. The number of rotatable bonds is 7. The second-order valence-corrected chi connectivity index (χ2v) is 4.30. The van der Waals surface area contributed by atoms with Crippen molar-refractivity contribution in [2.75, 3.05) is 6.61 Å². The molecule has 0 amide bonds. The van der Waals surface area contributed by atoms with Gasteiger partial charge >= 0.3 is 0 Å². The van der Waals surface area contributed by atoms with Crippen LogP contribution in [0.5, 0.6) is 5.75 Å². The van der Waals surface area contributed by atoms with Gasteiger partial charge in [0, 0.05) is 23.0 Å². The van der Waals surface area contributed by atoms with Gasteiger partial charge in [0.05, 0.1) is 11.5 Å². The van der Waals surface area contributed by atoms with Crippen molar-refractivity contribution in [2.45, 2.75) is 31.5 Å². The largest absolute Gasteiger partial charge is 0.493 e. The van der Waals surface area contributed by atoms with Crippen LogP contribution in [0, 0.1) is 10.1 Å². The molecule has 0 aromatic heterocycles. The van der Waals surface area contributed by atoms with Gasteiger partial charge in [-0.3, -0.25) is 10.1 Å². The van der Waals surface area contributed by atoms with Gasteiger partial charge in [-0.15, -0.1) is 0 Å². The van der Waals surface area contributed by atoms with Crippen molar-refractivity contribution in [1.29, 1.82) is 0 Å². The number of benzene rings is 1. The number of nitro benzene ring substituents is 1. The third-order valence-electron chi connectivity index (χ3n) is 2.40. The minimum atomic E-state index is -0.396. The molecule has 4 nitrogen and oxygen atoms in total. The van der Waals surface area contributed by atoms with E-state index in [-0.39, 0.29) is 5.69 Å². The Morgan fingerprint density at radius 2 is 2.18 bits per heavy atom. The van der Waals surface area contributed by atoms with E-state index in [9.17, 15) is 10.1 Å². The van der Waals surface area contributed by atoms with Gasteiger partial charge in [0.15, 0.2) is 0 Å². The van der Waals surface area contributed by atoms with Crippen molar-refractivity contribution in [2.24, 2.45) is 0 Å². The predicted octanol–water partition coefficient (Wildman–Crippen LogP) is 4.06. The van der Waals surface area contributed by atoms with E-state index in [1.807, 2.05) is 0 Å². The average Bonchev–Trinajstić information content (AvgIpc) is 2.34. The topological polar surface area (TPSA) is 52.4 Å².